The number of hydrogen-bond acceptors (Lipinski definition) is 7. The smallest absolute Gasteiger partial charge is 0.463 e. The van der Waals surface area contributed by atoms with Gasteiger partial charge in [-0.2, -0.15) is 0 Å². The lowest BCUT2D eigenvalue weighted by Crippen LogP contribution is -2.07. The fourth-order valence-corrected chi connectivity index (χ4v) is 2.38. The van der Waals surface area contributed by atoms with Crippen LogP contribution in [0, 0.1) is 0 Å². The van der Waals surface area contributed by atoms with Gasteiger partial charge in [0.05, 0.1) is 18.1 Å². The fourth-order valence-electron chi connectivity index (χ4n) is 2.38. The summed E-state index contributed by atoms with van der Waals surface area (Å²) in [4.78, 5) is 34.8. The lowest BCUT2D eigenvalue weighted by molar-refractivity contribution is -0.131. The van der Waals surface area contributed by atoms with Gasteiger partial charge >= 0.3 is 12.1 Å². The van der Waals surface area contributed by atoms with Gasteiger partial charge in [0.15, 0.2) is 5.43 Å². The number of ether oxygens (including phenoxy) is 3. The van der Waals surface area contributed by atoms with Crippen LogP contribution in [0.4, 0.5) is 4.79 Å². The van der Waals surface area contributed by atoms with Gasteiger partial charge in [0.25, 0.3) is 0 Å². The van der Waals surface area contributed by atoms with Crippen LogP contribution < -0.4 is 14.9 Å². The van der Waals surface area contributed by atoms with E-state index in [0.29, 0.717) is 27.8 Å². The Morgan fingerprint density at radius 3 is 2.31 bits per heavy atom. The molecule has 7 nitrogen and oxygen atoms in total. The fraction of sp³-hybridized carbons (Fsp3) is 0.105. The van der Waals surface area contributed by atoms with Crippen LogP contribution in [0.3, 0.4) is 0 Å². The van der Waals surface area contributed by atoms with E-state index >= 15 is 0 Å². The van der Waals surface area contributed by atoms with Crippen molar-refractivity contribution in [3.05, 3.63) is 59.0 Å². The van der Waals surface area contributed by atoms with Crippen LogP contribution in [0.15, 0.2) is 57.9 Å². The zero-order valence-electron chi connectivity index (χ0n) is 14.0. The van der Waals surface area contributed by atoms with Crippen molar-refractivity contribution in [1.82, 2.24) is 0 Å². The lowest BCUT2D eigenvalue weighted by Gasteiger charge is -2.06. The molecule has 0 fully saturated rings. The summed E-state index contributed by atoms with van der Waals surface area (Å²) < 4.78 is 19.8. The van der Waals surface area contributed by atoms with Gasteiger partial charge in [-0.25, -0.2) is 4.79 Å². The number of fused-ring (bicyclic) bond motifs is 1. The highest BCUT2D eigenvalue weighted by Crippen LogP contribution is 2.24. The predicted molar refractivity (Wildman–Crippen MR) is 92.3 cm³/mol. The predicted octanol–water partition coefficient (Wildman–Crippen LogP) is 3.53. The number of carbonyl (C=O) groups excluding carboxylic acids is 2. The first-order valence-electron chi connectivity index (χ1n) is 7.58. The molecule has 3 rings (SSSR count). The molecule has 0 amide bonds. The topological polar surface area (TPSA) is 92.0 Å². The Hall–Kier alpha value is -3.61. The highest BCUT2D eigenvalue weighted by atomic mass is 16.7. The van der Waals surface area contributed by atoms with E-state index in [4.69, 9.17) is 13.9 Å². The Bertz CT molecular complexity index is 1030. The molecule has 0 aliphatic rings. The molecule has 0 saturated heterocycles. The molecule has 1 heterocycles. The van der Waals surface area contributed by atoms with Gasteiger partial charge in [-0.1, -0.05) is 12.1 Å². The maximum atomic E-state index is 12.7. The summed E-state index contributed by atoms with van der Waals surface area (Å²) in [5.41, 5.74) is 1.02. The normalized spacial score (nSPS) is 10.4. The van der Waals surface area contributed by atoms with Gasteiger partial charge in [0, 0.05) is 13.0 Å². The first-order chi connectivity index (χ1) is 12.5. The molecule has 1 aromatic heterocycles. The minimum atomic E-state index is -0.827. The molecule has 26 heavy (non-hydrogen) atoms. The third-order valence-corrected chi connectivity index (χ3v) is 3.54. The SMILES string of the molecule is COC(=O)Oc1ccc(-c2coc3cc(OC(C)=O)ccc3c2=O)cc1. The monoisotopic (exact) mass is 354 g/mol. The maximum Gasteiger partial charge on any atom is 0.513 e. The van der Waals surface area contributed by atoms with Gasteiger partial charge in [-0.15, -0.1) is 0 Å². The summed E-state index contributed by atoms with van der Waals surface area (Å²) in [5.74, 6) is 0.125. The van der Waals surface area contributed by atoms with E-state index in [-0.39, 0.29) is 11.2 Å². The number of esters is 1. The third kappa shape index (κ3) is 3.56. The minimum absolute atomic E-state index is 0.234. The Balaban J connectivity index is 1.95. The van der Waals surface area contributed by atoms with E-state index < -0.39 is 12.1 Å². The summed E-state index contributed by atoms with van der Waals surface area (Å²) in [7, 11) is 1.21. The lowest BCUT2D eigenvalue weighted by atomic mass is 10.1. The highest BCUT2D eigenvalue weighted by molar-refractivity contribution is 5.83. The molecule has 2 aromatic carbocycles. The first-order valence-corrected chi connectivity index (χ1v) is 7.58. The van der Waals surface area contributed by atoms with Crippen LogP contribution >= 0.6 is 0 Å². The molecule has 0 aliphatic carbocycles. The zero-order valence-corrected chi connectivity index (χ0v) is 14.0. The molecule has 0 radical (unpaired) electrons. The average molecular weight is 354 g/mol. The maximum absolute atomic E-state index is 12.7. The van der Waals surface area contributed by atoms with E-state index in [2.05, 4.69) is 4.74 Å². The van der Waals surface area contributed by atoms with E-state index in [9.17, 15) is 14.4 Å². The molecule has 0 saturated carbocycles. The summed E-state index contributed by atoms with van der Waals surface area (Å²) in [6.45, 7) is 1.29. The molecule has 7 heteroatoms. The van der Waals surface area contributed by atoms with Gasteiger partial charge in [-0.3, -0.25) is 9.59 Å². The summed E-state index contributed by atoms with van der Waals surface area (Å²) in [5, 5.41) is 0.355. The van der Waals surface area contributed by atoms with Crippen molar-refractivity contribution in [3.8, 4) is 22.6 Å². The minimum Gasteiger partial charge on any atom is -0.463 e. The molecule has 0 unspecified atom stereocenters. The van der Waals surface area contributed by atoms with Crippen LogP contribution in [0.1, 0.15) is 6.92 Å². The second kappa shape index (κ2) is 7.10. The number of carbonyl (C=O) groups is 2. The molecule has 0 bridgehead atoms. The average Bonchev–Trinajstić information content (AvgIpc) is 2.62. The van der Waals surface area contributed by atoms with Crippen molar-refractivity contribution in [2.24, 2.45) is 0 Å². The largest absolute Gasteiger partial charge is 0.513 e. The first kappa shape index (κ1) is 17.2. The third-order valence-electron chi connectivity index (χ3n) is 3.54. The molecule has 0 atom stereocenters. The molecule has 0 spiro atoms. The van der Waals surface area contributed by atoms with Crippen molar-refractivity contribution < 1.29 is 28.2 Å². The van der Waals surface area contributed by atoms with Gasteiger partial charge in [0.1, 0.15) is 23.3 Å². The Labute approximate surface area is 147 Å². The van der Waals surface area contributed by atoms with Crippen LogP contribution in [0.5, 0.6) is 11.5 Å². The van der Waals surface area contributed by atoms with E-state index in [1.165, 1.54) is 38.5 Å². The van der Waals surface area contributed by atoms with Crippen LogP contribution in [0.2, 0.25) is 0 Å². The van der Waals surface area contributed by atoms with Crippen molar-refractivity contribution in [2.75, 3.05) is 7.11 Å². The summed E-state index contributed by atoms with van der Waals surface area (Å²) >= 11 is 0. The second-order valence-electron chi connectivity index (χ2n) is 5.31. The Kier molecular flexibility index (Phi) is 4.70. The molecule has 132 valence electrons. The van der Waals surface area contributed by atoms with Crippen LogP contribution in [-0.4, -0.2) is 19.2 Å². The summed E-state index contributed by atoms with van der Waals surface area (Å²) in [6, 6.07) is 10.9. The molecule has 0 N–H and O–H groups in total. The molecular formula is C19H14O7. The number of rotatable bonds is 3. The molecule has 0 aliphatic heterocycles. The van der Waals surface area contributed by atoms with Crippen molar-refractivity contribution in [3.63, 3.8) is 0 Å². The van der Waals surface area contributed by atoms with Crippen LogP contribution in [0.25, 0.3) is 22.1 Å². The van der Waals surface area contributed by atoms with Gasteiger partial charge in [-0.05, 0) is 29.8 Å². The zero-order chi connectivity index (χ0) is 18.7. The molecule has 3 aromatic rings. The summed E-state index contributed by atoms with van der Waals surface area (Å²) in [6.07, 6.45) is 0.504. The van der Waals surface area contributed by atoms with Crippen molar-refractivity contribution in [1.29, 1.82) is 0 Å². The number of hydrogen-bond donors (Lipinski definition) is 0. The van der Waals surface area contributed by atoms with Gasteiger partial charge in [0.2, 0.25) is 0 Å². The van der Waals surface area contributed by atoms with E-state index in [0.717, 1.165) is 0 Å². The van der Waals surface area contributed by atoms with Crippen molar-refractivity contribution in [2.45, 2.75) is 6.92 Å². The molecular weight excluding hydrogens is 340 g/mol. The second-order valence-corrected chi connectivity index (χ2v) is 5.31. The standard InChI is InChI=1S/C19H14O7/c1-11(20)25-14-7-8-15-17(9-14)24-10-16(18(15)21)12-3-5-13(6-4-12)26-19(22)23-2/h3-10H,1-2H3. The number of benzene rings is 2. The van der Waals surface area contributed by atoms with Crippen LogP contribution in [-0.2, 0) is 9.53 Å². The Morgan fingerprint density at radius 2 is 1.65 bits per heavy atom. The van der Waals surface area contributed by atoms with Crippen molar-refractivity contribution >= 4 is 23.1 Å². The van der Waals surface area contributed by atoms with E-state index in [1.54, 1.807) is 24.3 Å². The van der Waals surface area contributed by atoms with E-state index in [1.807, 2.05) is 0 Å². The van der Waals surface area contributed by atoms with Gasteiger partial charge < -0.3 is 18.6 Å². The Morgan fingerprint density at radius 1 is 0.962 bits per heavy atom. The number of methoxy groups -OCH3 is 1. The quantitative estimate of drug-likeness (QED) is 0.403. The highest BCUT2D eigenvalue weighted by Gasteiger charge is 2.11.